The van der Waals surface area contributed by atoms with Crippen LogP contribution >= 0.6 is 11.6 Å². The van der Waals surface area contributed by atoms with Gasteiger partial charge in [-0.15, -0.1) is 0 Å². The van der Waals surface area contributed by atoms with E-state index in [0.29, 0.717) is 11.9 Å². The zero-order valence-electron chi connectivity index (χ0n) is 14.8. The van der Waals surface area contributed by atoms with E-state index in [1.165, 1.54) is 16.8 Å². The van der Waals surface area contributed by atoms with E-state index in [0.717, 1.165) is 36.8 Å². The number of aliphatic imine (C=N–C) groups is 1. The van der Waals surface area contributed by atoms with E-state index in [4.69, 9.17) is 17.3 Å². The summed E-state index contributed by atoms with van der Waals surface area (Å²) in [7, 11) is 0. The Morgan fingerprint density at radius 2 is 2.00 bits per heavy atom. The Bertz CT molecular complexity index is 755. The van der Waals surface area contributed by atoms with Crippen molar-refractivity contribution in [1.82, 2.24) is 0 Å². The van der Waals surface area contributed by atoms with Crippen LogP contribution in [0.25, 0.3) is 0 Å². The van der Waals surface area contributed by atoms with Crippen LogP contribution in [-0.4, -0.2) is 25.6 Å². The van der Waals surface area contributed by atoms with Crippen LogP contribution in [0.4, 0.5) is 11.4 Å². The molecule has 3 N–H and O–H groups in total. The molecule has 2 aromatic carbocycles. The molecular formula is C20H25ClN4. The van der Waals surface area contributed by atoms with Gasteiger partial charge in [0.05, 0.1) is 0 Å². The highest BCUT2D eigenvalue weighted by Crippen LogP contribution is 2.29. The molecular weight excluding hydrogens is 332 g/mol. The highest BCUT2D eigenvalue weighted by atomic mass is 35.5. The Kier molecular flexibility index (Phi) is 5.49. The molecule has 1 unspecified atom stereocenters. The number of guanidine groups is 1. The second kappa shape index (κ2) is 7.79. The molecule has 0 amide bonds. The number of halogens is 1. The van der Waals surface area contributed by atoms with E-state index in [1.54, 1.807) is 0 Å². The van der Waals surface area contributed by atoms with Gasteiger partial charge in [-0.05, 0) is 56.0 Å². The third-order valence-electron chi connectivity index (χ3n) is 4.64. The van der Waals surface area contributed by atoms with Crippen LogP contribution in [0.2, 0.25) is 5.02 Å². The van der Waals surface area contributed by atoms with Crippen LogP contribution in [0.5, 0.6) is 0 Å². The number of nitrogens with one attached hydrogen (secondary N) is 1. The van der Waals surface area contributed by atoms with Gasteiger partial charge >= 0.3 is 0 Å². The monoisotopic (exact) mass is 356 g/mol. The first-order valence-corrected chi connectivity index (χ1v) is 9.04. The average Bonchev–Trinajstić information content (AvgIpc) is 3.06. The minimum atomic E-state index is 0.473. The topological polar surface area (TPSA) is 53.6 Å². The van der Waals surface area contributed by atoms with Crippen molar-refractivity contribution < 1.29 is 0 Å². The van der Waals surface area contributed by atoms with E-state index in [9.17, 15) is 0 Å². The Morgan fingerprint density at radius 3 is 2.76 bits per heavy atom. The normalized spacial score (nSPS) is 17.8. The number of rotatable bonds is 4. The zero-order valence-corrected chi connectivity index (χ0v) is 15.6. The lowest BCUT2D eigenvalue weighted by atomic mass is 10.1. The van der Waals surface area contributed by atoms with Gasteiger partial charge in [0.25, 0.3) is 0 Å². The van der Waals surface area contributed by atoms with Crippen LogP contribution in [0.1, 0.15) is 17.5 Å². The minimum absolute atomic E-state index is 0.473. The van der Waals surface area contributed by atoms with Gasteiger partial charge in [-0.3, -0.25) is 4.99 Å². The van der Waals surface area contributed by atoms with Crippen molar-refractivity contribution >= 4 is 28.9 Å². The molecule has 0 bridgehead atoms. The molecule has 0 saturated carbocycles. The Hall–Kier alpha value is -2.20. The van der Waals surface area contributed by atoms with Crippen molar-refractivity contribution in [2.75, 3.05) is 29.9 Å². The molecule has 1 heterocycles. The van der Waals surface area contributed by atoms with Gasteiger partial charge in [-0.2, -0.15) is 0 Å². The summed E-state index contributed by atoms with van der Waals surface area (Å²) in [6.07, 6.45) is 1.12. The van der Waals surface area contributed by atoms with E-state index in [-0.39, 0.29) is 0 Å². The summed E-state index contributed by atoms with van der Waals surface area (Å²) in [5.74, 6) is 0.984. The first kappa shape index (κ1) is 17.6. The fourth-order valence-corrected chi connectivity index (χ4v) is 3.34. The molecule has 1 aliphatic rings. The molecule has 4 nitrogen and oxygen atoms in total. The maximum absolute atomic E-state index is 6.15. The summed E-state index contributed by atoms with van der Waals surface area (Å²) in [5.41, 5.74) is 10.7. The first-order valence-electron chi connectivity index (χ1n) is 8.66. The van der Waals surface area contributed by atoms with E-state index < -0.39 is 0 Å². The van der Waals surface area contributed by atoms with Crippen molar-refractivity contribution in [3.05, 3.63) is 58.6 Å². The summed E-state index contributed by atoms with van der Waals surface area (Å²) in [4.78, 5) is 6.92. The molecule has 25 heavy (non-hydrogen) atoms. The smallest absolute Gasteiger partial charge is 0.193 e. The summed E-state index contributed by atoms with van der Waals surface area (Å²) < 4.78 is 0. The molecule has 1 fully saturated rings. The maximum Gasteiger partial charge on any atom is 0.193 e. The number of hydrogen-bond donors (Lipinski definition) is 2. The highest BCUT2D eigenvalue weighted by molar-refractivity contribution is 6.30. The maximum atomic E-state index is 6.15. The molecule has 1 aliphatic heterocycles. The molecule has 3 rings (SSSR count). The third kappa shape index (κ3) is 4.67. The fourth-order valence-electron chi connectivity index (χ4n) is 3.18. The van der Waals surface area contributed by atoms with Crippen LogP contribution in [0.15, 0.2) is 47.5 Å². The number of anilines is 2. The Balaban J connectivity index is 1.55. The van der Waals surface area contributed by atoms with Gasteiger partial charge in [0.2, 0.25) is 0 Å². The Labute approximate surface area is 154 Å². The fraction of sp³-hybridized carbons (Fsp3) is 0.350. The number of nitrogens with zero attached hydrogens (tertiary/aromatic N) is 2. The number of aryl methyl sites for hydroxylation is 2. The van der Waals surface area contributed by atoms with Crippen molar-refractivity contribution in [3.8, 4) is 0 Å². The lowest BCUT2D eigenvalue weighted by molar-refractivity contribution is 0.603. The number of nitrogens with two attached hydrogens (primary N) is 1. The quantitative estimate of drug-likeness (QED) is 0.637. The lowest BCUT2D eigenvalue weighted by Crippen LogP contribution is -2.25. The molecule has 1 atom stereocenters. The van der Waals surface area contributed by atoms with E-state index in [1.807, 2.05) is 18.2 Å². The molecule has 0 aliphatic carbocycles. The number of hydrogen-bond acceptors (Lipinski definition) is 2. The van der Waals surface area contributed by atoms with E-state index >= 15 is 0 Å². The van der Waals surface area contributed by atoms with Crippen molar-refractivity contribution in [2.24, 2.45) is 16.6 Å². The van der Waals surface area contributed by atoms with Gasteiger partial charge < -0.3 is 16.0 Å². The largest absolute Gasteiger partial charge is 0.371 e. The van der Waals surface area contributed by atoms with Gasteiger partial charge in [0, 0.05) is 36.0 Å². The predicted molar refractivity (Wildman–Crippen MR) is 108 cm³/mol. The molecule has 2 aromatic rings. The second-order valence-electron chi connectivity index (χ2n) is 6.75. The van der Waals surface area contributed by atoms with Gasteiger partial charge in [-0.25, -0.2) is 0 Å². The summed E-state index contributed by atoms with van der Waals surface area (Å²) >= 11 is 6.15. The third-order valence-corrected chi connectivity index (χ3v) is 4.88. The van der Waals surface area contributed by atoms with Gasteiger partial charge in [0.1, 0.15) is 0 Å². The van der Waals surface area contributed by atoms with Crippen LogP contribution in [-0.2, 0) is 0 Å². The average molecular weight is 357 g/mol. The summed E-state index contributed by atoms with van der Waals surface area (Å²) in [5, 5.41) is 3.93. The van der Waals surface area contributed by atoms with Gasteiger partial charge in [-0.1, -0.05) is 35.4 Å². The van der Waals surface area contributed by atoms with Crippen molar-refractivity contribution in [3.63, 3.8) is 0 Å². The number of benzene rings is 2. The Morgan fingerprint density at radius 1 is 1.24 bits per heavy atom. The minimum Gasteiger partial charge on any atom is -0.371 e. The second-order valence-corrected chi connectivity index (χ2v) is 7.18. The molecule has 132 valence electrons. The first-order chi connectivity index (χ1) is 12.0. The predicted octanol–water partition coefficient (Wildman–Crippen LogP) is 4.21. The zero-order chi connectivity index (χ0) is 17.8. The SMILES string of the molecule is Cc1ccc(NC(N)=NCC2CCN(c3cc(Cl)ccc3C)C2)cc1. The standard InChI is InChI=1S/C20H25ClN4/c1-14-3-7-18(8-4-14)24-20(22)23-12-16-9-10-25(13-16)19-11-17(21)6-5-15(19)2/h3-8,11,16H,9-10,12-13H2,1-2H3,(H3,22,23,24). The van der Waals surface area contributed by atoms with Crippen LogP contribution in [0.3, 0.4) is 0 Å². The van der Waals surface area contributed by atoms with Crippen LogP contribution in [0, 0.1) is 19.8 Å². The summed E-state index contributed by atoms with van der Waals surface area (Å²) in [6.45, 7) is 6.95. The van der Waals surface area contributed by atoms with Crippen molar-refractivity contribution in [2.45, 2.75) is 20.3 Å². The molecule has 0 aromatic heterocycles. The van der Waals surface area contributed by atoms with E-state index in [2.05, 4.69) is 53.3 Å². The summed E-state index contributed by atoms with van der Waals surface area (Å²) in [6, 6.07) is 14.2. The molecule has 5 heteroatoms. The van der Waals surface area contributed by atoms with Crippen molar-refractivity contribution in [1.29, 1.82) is 0 Å². The molecule has 1 saturated heterocycles. The molecule has 0 radical (unpaired) electrons. The molecule has 0 spiro atoms. The lowest BCUT2D eigenvalue weighted by Gasteiger charge is -2.21. The highest BCUT2D eigenvalue weighted by Gasteiger charge is 2.23. The van der Waals surface area contributed by atoms with Crippen LogP contribution < -0.4 is 16.0 Å². The van der Waals surface area contributed by atoms with Gasteiger partial charge in [0.15, 0.2) is 5.96 Å².